The van der Waals surface area contributed by atoms with Gasteiger partial charge in [0.15, 0.2) is 0 Å². The van der Waals surface area contributed by atoms with Gasteiger partial charge in [-0.2, -0.15) is 0 Å². The second-order valence-electron chi connectivity index (χ2n) is 6.62. The van der Waals surface area contributed by atoms with Crippen LogP contribution in [0.3, 0.4) is 0 Å². The van der Waals surface area contributed by atoms with E-state index in [0.717, 1.165) is 25.9 Å². The summed E-state index contributed by atoms with van der Waals surface area (Å²) in [6.45, 7) is 7.80. The first-order chi connectivity index (χ1) is 9.89. The lowest BCUT2D eigenvalue weighted by atomic mass is 9.98. The molecule has 1 aromatic rings. The van der Waals surface area contributed by atoms with E-state index < -0.39 is 5.60 Å². The lowest BCUT2D eigenvalue weighted by Gasteiger charge is -2.41. The van der Waals surface area contributed by atoms with Crippen LogP contribution in [0.5, 0.6) is 0 Å². The molecule has 1 unspecified atom stereocenters. The number of carbonyl (C=O) groups excluding carboxylic acids is 1. The minimum Gasteiger partial charge on any atom is -0.456 e. The van der Waals surface area contributed by atoms with Gasteiger partial charge in [0.05, 0.1) is 5.56 Å². The average Bonchev–Trinajstić information content (AvgIpc) is 2.39. The molecule has 21 heavy (non-hydrogen) atoms. The van der Waals surface area contributed by atoms with Gasteiger partial charge in [-0.05, 0) is 51.3 Å². The summed E-state index contributed by atoms with van der Waals surface area (Å²) < 4.78 is 5.35. The second kappa shape index (κ2) is 6.58. The number of aliphatic hydroxyl groups excluding tert-OH is 1. The molecule has 0 spiro atoms. The Hall–Kier alpha value is -1.39. The summed E-state index contributed by atoms with van der Waals surface area (Å²) in [4.78, 5) is 14.3. The van der Waals surface area contributed by atoms with Gasteiger partial charge < -0.3 is 9.84 Å². The van der Waals surface area contributed by atoms with Crippen LogP contribution in [0.25, 0.3) is 0 Å². The molecule has 0 saturated carbocycles. The number of nitrogens with zero attached hydrogens (tertiary/aromatic N) is 1. The number of carbonyl (C=O) groups is 1. The Morgan fingerprint density at radius 2 is 2.00 bits per heavy atom. The summed E-state index contributed by atoms with van der Waals surface area (Å²) in [5.74, 6) is -0.281. The number of esters is 1. The van der Waals surface area contributed by atoms with Crippen LogP contribution < -0.4 is 0 Å². The summed E-state index contributed by atoms with van der Waals surface area (Å²) in [5.41, 5.74) is 1.30. The van der Waals surface area contributed by atoms with E-state index in [9.17, 15) is 4.79 Å². The normalized spacial score (nSPS) is 19.1. The Morgan fingerprint density at radius 1 is 1.33 bits per heavy atom. The maximum Gasteiger partial charge on any atom is 0.338 e. The highest BCUT2D eigenvalue weighted by molar-refractivity contribution is 5.89. The van der Waals surface area contributed by atoms with Gasteiger partial charge in [0.1, 0.15) is 5.60 Å². The monoisotopic (exact) mass is 291 g/mol. The molecule has 1 aliphatic heterocycles. The average molecular weight is 291 g/mol. The molecule has 1 saturated heterocycles. The zero-order valence-electron chi connectivity index (χ0n) is 13.1. The van der Waals surface area contributed by atoms with Crippen LogP contribution in [0.2, 0.25) is 0 Å². The van der Waals surface area contributed by atoms with Gasteiger partial charge in [-0.25, -0.2) is 4.79 Å². The van der Waals surface area contributed by atoms with Crippen LogP contribution in [-0.2, 0) is 11.3 Å². The highest BCUT2D eigenvalue weighted by Gasteiger charge is 2.27. The molecule has 1 heterocycles. The van der Waals surface area contributed by atoms with Crippen molar-refractivity contribution in [1.82, 2.24) is 4.90 Å². The Balaban J connectivity index is 1.92. The molecule has 1 N–H and O–H groups in total. The largest absolute Gasteiger partial charge is 0.456 e. The standard InChI is InChI=1S/C17H25NO3/c1-17(2,3)21-16(20)14-6-4-13(5-7-14)12-18-10-8-15(18)9-11-19/h4-7,15,19H,8-12H2,1-3H3. The zero-order chi connectivity index (χ0) is 15.5. The molecule has 1 atom stereocenters. The smallest absolute Gasteiger partial charge is 0.338 e. The molecule has 0 aromatic heterocycles. The van der Waals surface area contributed by atoms with Crippen molar-refractivity contribution >= 4 is 5.97 Å². The van der Waals surface area contributed by atoms with Gasteiger partial charge >= 0.3 is 5.97 Å². The molecule has 2 rings (SSSR count). The van der Waals surface area contributed by atoms with Crippen molar-refractivity contribution in [1.29, 1.82) is 0 Å². The molecule has 0 aliphatic carbocycles. The summed E-state index contributed by atoms with van der Waals surface area (Å²) in [6.07, 6.45) is 2.01. The molecule has 0 radical (unpaired) electrons. The highest BCUT2D eigenvalue weighted by atomic mass is 16.6. The van der Waals surface area contributed by atoms with E-state index in [1.807, 2.05) is 45.0 Å². The fourth-order valence-electron chi connectivity index (χ4n) is 2.50. The van der Waals surface area contributed by atoms with Gasteiger partial charge in [-0.1, -0.05) is 12.1 Å². The predicted molar refractivity (Wildman–Crippen MR) is 82.1 cm³/mol. The van der Waals surface area contributed by atoms with Crippen molar-refractivity contribution in [3.8, 4) is 0 Å². The van der Waals surface area contributed by atoms with E-state index in [0.29, 0.717) is 11.6 Å². The van der Waals surface area contributed by atoms with E-state index in [-0.39, 0.29) is 12.6 Å². The van der Waals surface area contributed by atoms with Gasteiger partial charge in [0, 0.05) is 25.7 Å². The first-order valence-electron chi connectivity index (χ1n) is 7.56. The van der Waals surface area contributed by atoms with Crippen molar-refractivity contribution in [2.75, 3.05) is 13.2 Å². The highest BCUT2D eigenvalue weighted by Crippen LogP contribution is 2.23. The summed E-state index contributed by atoms with van der Waals surface area (Å²) >= 11 is 0. The van der Waals surface area contributed by atoms with E-state index in [1.165, 1.54) is 5.56 Å². The third-order valence-corrected chi connectivity index (χ3v) is 3.70. The molecular weight excluding hydrogens is 266 g/mol. The van der Waals surface area contributed by atoms with Crippen molar-refractivity contribution in [3.63, 3.8) is 0 Å². The first kappa shape index (κ1) is 16.0. The van der Waals surface area contributed by atoms with Gasteiger partial charge in [0.25, 0.3) is 0 Å². The lowest BCUT2D eigenvalue weighted by Crippen LogP contribution is -2.47. The summed E-state index contributed by atoms with van der Waals surface area (Å²) in [5, 5.41) is 9.00. The second-order valence-corrected chi connectivity index (χ2v) is 6.62. The molecule has 0 amide bonds. The third-order valence-electron chi connectivity index (χ3n) is 3.70. The Bertz CT molecular complexity index is 476. The molecule has 0 bridgehead atoms. The van der Waals surface area contributed by atoms with Crippen LogP contribution in [0.4, 0.5) is 0 Å². The van der Waals surface area contributed by atoms with Crippen LogP contribution in [0.15, 0.2) is 24.3 Å². The number of rotatable bonds is 5. The Kier molecular flexibility index (Phi) is 5.01. The maximum absolute atomic E-state index is 11.9. The van der Waals surface area contributed by atoms with Crippen LogP contribution in [-0.4, -0.2) is 40.8 Å². The molecule has 1 aliphatic rings. The topological polar surface area (TPSA) is 49.8 Å². The zero-order valence-corrected chi connectivity index (χ0v) is 13.1. The van der Waals surface area contributed by atoms with Gasteiger partial charge in [-0.15, -0.1) is 0 Å². The Morgan fingerprint density at radius 3 is 2.48 bits per heavy atom. The van der Waals surface area contributed by atoms with Crippen LogP contribution >= 0.6 is 0 Å². The van der Waals surface area contributed by atoms with E-state index in [1.54, 1.807) is 0 Å². The number of hydrogen-bond donors (Lipinski definition) is 1. The number of likely N-dealkylation sites (tertiary alicyclic amines) is 1. The Labute approximate surface area is 126 Å². The number of benzene rings is 1. The fourth-order valence-corrected chi connectivity index (χ4v) is 2.50. The van der Waals surface area contributed by atoms with E-state index >= 15 is 0 Å². The van der Waals surface area contributed by atoms with Crippen LogP contribution in [0.1, 0.15) is 49.5 Å². The van der Waals surface area contributed by atoms with Gasteiger partial charge in [0.2, 0.25) is 0 Å². The quantitative estimate of drug-likeness (QED) is 0.847. The molecule has 4 heteroatoms. The third kappa shape index (κ3) is 4.55. The van der Waals surface area contributed by atoms with Gasteiger partial charge in [-0.3, -0.25) is 4.90 Å². The van der Waals surface area contributed by atoms with E-state index in [2.05, 4.69) is 4.90 Å². The summed E-state index contributed by atoms with van der Waals surface area (Å²) in [7, 11) is 0. The minimum absolute atomic E-state index is 0.249. The predicted octanol–water partition coefficient (Wildman–Crippen LogP) is 2.60. The van der Waals surface area contributed by atoms with Crippen LogP contribution in [0, 0.1) is 0 Å². The molecule has 116 valence electrons. The van der Waals surface area contributed by atoms with Crippen molar-refractivity contribution in [2.45, 2.75) is 51.8 Å². The fraction of sp³-hybridized carbons (Fsp3) is 0.588. The lowest BCUT2D eigenvalue weighted by molar-refractivity contribution is 0.00694. The number of ether oxygens (including phenoxy) is 1. The SMILES string of the molecule is CC(C)(C)OC(=O)c1ccc(CN2CCC2CCO)cc1. The maximum atomic E-state index is 11.9. The minimum atomic E-state index is -0.467. The molecular formula is C17H25NO3. The molecule has 4 nitrogen and oxygen atoms in total. The van der Waals surface area contributed by atoms with Crippen molar-refractivity contribution in [3.05, 3.63) is 35.4 Å². The number of hydrogen-bond acceptors (Lipinski definition) is 4. The van der Waals surface area contributed by atoms with E-state index in [4.69, 9.17) is 9.84 Å². The molecule has 1 fully saturated rings. The van der Waals surface area contributed by atoms with Crippen molar-refractivity contribution < 1.29 is 14.6 Å². The first-order valence-corrected chi connectivity index (χ1v) is 7.56. The van der Waals surface area contributed by atoms with Crippen molar-refractivity contribution in [2.24, 2.45) is 0 Å². The molecule has 1 aromatic carbocycles. The summed E-state index contributed by atoms with van der Waals surface area (Å²) in [6, 6.07) is 8.11. The number of aliphatic hydroxyl groups is 1.